The van der Waals surface area contributed by atoms with Gasteiger partial charge in [-0.25, -0.2) is 14.6 Å². The van der Waals surface area contributed by atoms with Gasteiger partial charge < -0.3 is 5.32 Å². The standard InChI is InChI=1S/C18H21N7O/c1-18(2,3)25-15(12-4-5-12)8-14(23-25)17(26)22-13-6-7-16(20-9-13)24-11-19-10-21-24/h6-12H,4-5H2,1-3H3,(H,22,26). The lowest BCUT2D eigenvalue weighted by atomic mass is 10.1. The Bertz CT molecular complexity index is 916. The summed E-state index contributed by atoms with van der Waals surface area (Å²) in [5, 5.41) is 11.4. The van der Waals surface area contributed by atoms with Gasteiger partial charge in [-0.1, -0.05) is 0 Å². The SMILES string of the molecule is CC(C)(C)n1nc(C(=O)Nc2ccc(-n3cncn3)nc2)cc1C1CC1. The molecule has 0 aromatic carbocycles. The molecule has 4 rings (SSSR count). The number of nitrogens with one attached hydrogen (secondary N) is 1. The Morgan fingerprint density at radius 3 is 2.65 bits per heavy atom. The summed E-state index contributed by atoms with van der Waals surface area (Å²) in [5.41, 5.74) is 2.03. The lowest BCUT2D eigenvalue weighted by Crippen LogP contribution is -2.25. The van der Waals surface area contributed by atoms with Gasteiger partial charge in [-0.3, -0.25) is 9.48 Å². The van der Waals surface area contributed by atoms with Gasteiger partial charge in [0.1, 0.15) is 12.7 Å². The maximum atomic E-state index is 12.6. The summed E-state index contributed by atoms with van der Waals surface area (Å²) in [4.78, 5) is 20.8. The minimum atomic E-state index is -0.231. The molecule has 1 aliphatic rings. The van der Waals surface area contributed by atoms with Crippen LogP contribution in [0.5, 0.6) is 0 Å². The topological polar surface area (TPSA) is 90.5 Å². The summed E-state index contributed by atoms with van der Waals surface area (Å²) in [6.45, 7) is 6.29. The molecular weight excluding hydrogens is 330 g/mol. The highest BCUT2D eigenvalue weighted by molar-refractivity contribution is 6.02. The van der Waals surface area contributed by atoms with Crippen molar-refractivity contribution in [3.05, 3.63) is 48.4 Å². The predicted octanol–water partition coefficient (Wildman–Crippen LogP) is 2.74. The van der Waals surface area contributed by atoms with Gasteiger partial charge in [-0.2, -0.15) is 10.2 Å². The van der Waals surface area contributed by atoms with Gasteiger partial charge in [0.05, 0.1) is 17.4 Å². The maximum Gasteiger partial charge on any atom is 0.276 e. The largest absolute Gasteiger partial charge is 0.319 e. The van der Waals surface area contributed by atoms with Crippen LogP contribution in [-0.4, -0.2) is 35.4 Å². The third-order valence-electron chi connectivity index (χ3n) is 4.26. The quantitative estimate of drug-likeness (QED) is 0.780. The second-order valence-corrected chi connectivity index (χ2v) is 7.51. The number of carbonyl (C=O) groups is 1. The van der Waals surface area contributed by atoms with Gasteiger partial charge >= 0.3 is 0 Å². The molecule has 0 spiro atoms. The number of pyridine rings is 1. The fourth-order valence-electron chi connectivity index (χ4n) is 2.83. The predicted molar refractivity (Wildman–Crippen MR) is 96.3 cm³/mol. The van der Waals surface area contributed by atoms with Crippen LogP contribution in [0.25, 0.3) is 5.82 Å². The second-order valence-electron chi connectivity index (χ2n) is 7.51. The zero-order valence-electron chi connectivity index (χ0n) is 15.0. The van der Waals surface area contributed by atoms with Crippen molar-refractivity contribution in [3.63, 3.8) is 0 Å². The zero-order chi connectivity index (χ0) is 18.3. The van der Waals surface area contributed by atoms with Gasteiger partial charge in [0, 0.05) is 11.6 Å². The highest BCUT2D eigenvalue weighted by Crippen LogP contribution is 2.41. The van der Waals surface area contributed by atoms with Gasteiger partial charge in [0.25, 0.3) is 5.91 Å². The number of aromatic nitrogens is 6. The zero-order valence-corrected chi connectivity index (χ0v) is 15.0. The lowest BCUT2D eigenvalue weighted by molar-refractivity contribution is 0.102. The van der Waals surface area contributed by atoms with Gasteiger partial charge in [-0.05, 0) is 51.8 Å². The Morgan fingerprint density at radius 2 is 2.08 bits per heavy atom. The molecule has 0 bridgehead atoms. The van der Waals surface area contributed by atoms with E-state index in [1.807, 2.05) is 10.7 Å². The average molecular weight is 351 g/mol. The summed E-state index contributed by atoms with van der Waals surface area (Å²) in [7, 11) is 0. The number of rotatable bonds is 4. The van der Waals surface area contributed by atoms with E-state index in [0.29, 0.717) is 23.1 Å². The van der Waals surface area contributed by atoms with E-state index in [1.165, 1.54) is 6.33 Å². The molecule has 0 saturated heterocycles. The number of amides is 1. The molecule has 0 atom stereocenters. The van der Waals surface area contributed by atoms with E-state index >= 15 is 0 Å². The molecule has 26 heavy (non-hydrogen) atoms. The van der Waals surface area contributed by atoms with Crippen LogP contribution in [0.3, 0.4) is 0 Å². The summed E-state index contributed by atoms with van der Waals surface area (Å²) in [5.74, 6) is 0.922. The number of hydrogen-bond donors (Lipinski definition) is 1. The van der Waals surface area contributed by atoms with Crippen LogP contribution in [0.1, 0.15) is 55.7 Å². The fraction of sp³-hybridized carbons (Fsp3) is 0.389. The Labute approximate surface area is 151 Å². The van der Waals surface area contributed by atoms with Crippen LogP contribution in [0, 0.1) is 0 Å². The molecule has 1 amide bonds. The van der Waals surface area contributed by atoms with E-state index in [1.54, 1.807) is 29.3 Å². The fourth-order valence-corrected chi connectivity index (χ4v) is 2.83. The third-order valence-corrected chi connectivity index (χ3v) is 4.26. The first-order chi connectivity index (χ1) is 12.4. The summed E-state index contributed by atoms with van der Waals surface area (Å²) in [6.07, 6.45) is 6.93. The summed E-state index contributed by atoms with van der Waals surface area (Å²) in [6, 6.07) is 5.47. The first kappa shape index (κ1) is 16.4. The van der Waals surface area contributed by atoms with Crippen molar-refractivity contribution in [1.82, 2.24) is 29.5 Å². The summed E-state index contributed by atoms with van der Waals surface area (Å²) < 4.78 is 3.53. The molecule has 1 fully saturated rings. The van der Waals surface area contributed by atoms with E-state index in [4.69, 9.17) is 0 Å². The van der Waals surface area contributed by atoms with Crippen LogP contribution >= 0.6 is 0 Å². The number of anilines is 1. The second kappa shape index (κ2) is 6.05. The van der Waals surface area contributed by atoms with E-state index in [9.17, 15) is 4.79 Å². The molecule has 0 radical (unpaired) electrons. The van der Waals surface area contributed by atoms with E-state index in [2.05, 4.69) is 46.3 Å². The normalized spacial score (nSPS) is 14.4. The van der Waals surface area contributed by atoms with Gasteiger partial charge in [0.15, 0.2) is 11.5 Å². The van der Waals surface area contributed by atoms with Crippen LogP contribution in [-0.2, 0) is 5.54 Å². The maximum absolute atomic E-state index is 12.6. The molecule has 8 nitrogen and oxygen atoms in total. The van der Waals surface area contributed by atoms with Crippen LogP contribution in [0.4, 0.5) is 5.69 Å². The highest BCUT2D eigenvalue weighted by atomic mass is 16.2. The first-order valence-corrected chi connectivity index (χ1v) is 8.65. The van der Waals surface area contributed by atoms with E-state index in [-0.39, 0.29) is 11.4 Å². The Morgan fingerprint density at radius 1 is 1.27 bits per heavy atom. The molecule has 1 saturated carbocycles. The average Bonchev–Trinajstić information content (AvgIpc) is 3.12. The molecule has 3 aromatic heterocycles. The van der Waals surface area contributed by atoms with Crippen molar-refractivity contribution in [2.75, 3.05) is 5.32 Å². The van der Waals surface area contributed by atoms with Crippen LogP contribution in [0.15, 0.2) is 37.1 Å². The van der Waals surface area contributed by atoms with Crippen molar-refractivity contribution < 1.29 is 4.79 Å². The molecule has 8 heteroatoms. The van der Waals surface area contributed by atoms with Crippen molar-refractivity contribution >= 4 is 11.6 Å². The first-order valence-electron chi connectivity index (χ1n) is 8.65. The monoisotopic (exact) mass is 351 g/mol. The molecule has 0 unspecified atom stereocenters. The Hall–Kier alpha value is -3.03. The lowest BCUT2D eigenvalue weighted by Gasteiger charge is -2.22. The molecular formula is C18H21N7O. The van der Waals surface area contributed by atoms with Crippen molar-refractivity contribution in [1.29, 1.82) is 0 Å². The Kier molecular flexibility index (Phi) is 3.82. The minimum Gasteiger partial charge on any atom is -0.319 e. The van der Waals surface area contributed by atoms with Crippen LogP contribution < -0.4 is 5.32 Å². The number of carbonyl (C=O) groups excluding carboxylic acids is 1. The van der Waals surface area contributed by atoms with Crippen LogP contribution in [0.2, 0.25) is 0 Å². The highest BCUT2D eigenvalue weighted by Gasteiger charge is 2.32. The summed E-state index contributed by atoms with van der Waals surface area (Å²) >= 11 is 0. The third kappa shape index (κ3) is 3.22. The molecule has 1 N–H and O–H groups in total. The minimum absolute atomic E-state index is 0.155. The van der Waals surface area contributed by atoms with E-state index in [0.717, 1.165) is 18.5 Å². The van der Waals surface area contributed by atoms with Crippen molar-refractivity contribution in [3.8, 4) is 5.82 Å². The van der Waals surface area contributed by atoms with Gasteiger partial charge in [-0.15, -0.1) is 0 Å². The number of hydrogen-bond acceptors (Lipinski definition) is 5. The van der Waals surface area contributed by atoms with Crippen molar-refractivity contribution in [2.45, 2.75) is 45.1 Å². The molecule has 3 aromatic rings. The van der Waals surface area contributed by atoms with Gasteiger partial charge in [0.2, 0.25) is 0 Å². The van der Waals surface area contributed by atoms with Crippen molar-refractivity contribution in [2.24, 2.45) is 0 Å². The van der Waals surface area contributed by atoms with E-state index < -0.39 is 0 Å². The molecule has 3 heterocycles. The Balaban J connectivity index is 1.53. The molecule has 134 valence electrons. The smallest absolute Gasteiger partial charge is 0.276 e. The molecule has 0 aliphatic heterocycles. The molecule has 1 aliphatic carbocycles. The number of nitrogens with zero attached hydrogens (tertiary/aromatic N) is 6.